The van der Waals surface area contributed by atoms with E-state index in [1.807, 2.05) is 0 Å². The SMILES string of the molecule is O=c1c(O)c(-c2cc(O)c(O)c(O)c2)oc2cc(OC3O[C@H](COC4OC(CO)[C@@H](O)C(O)[C@H]4O)[C@@H](O)C(O)[C@H]3O)cc(O)c12. The fraction of sp³-hybridized carbons (Fsp3) is 0.444. The molecule has 45 heavy (non-hydrogen) atoms. The van der Waals surface area contributed by atoms with Crippen LogP contribution in [0.2, 0.25) is 0 Å². The fourth-order valence-corrected chi connectivity index (χ4v) is 4.94. The van der Waals surface area contributed by atoms with Gasteiger partial charge >= 0.3 is 0 Å². The van der Waals surface area contributed by atoms with Crippen molar-refractivity contribution in [3.8, 4) is 45.8 Å². The molecule has 5 unspecified atom stereocenters. The number of aromatic hydroxyl groups is 5. The largest absolute Gasteiger partial charge is 0.507 e. The molecule has 5 rings (SSSR count). The lowest BCUT2D eigenvalue weighted by Gasteiger charge is -2.42. The van der Waals surface area contributed by atoms with E-state index < -0.39 is 126 Å². The van der Waals surface area contributed by atoms with Crippen LogP contribution in [-0.4, -0.2) is 136 Å². The Balaban J connectivity index is 1.39. The fourth-order valence-electron chi connectivity index (χ4n) is 4.94. The average Bonchev–Trinajstić information content (AvgIpc) is 3.00. The van der Waals surface area contributed by atoms with Gasteiger partial charge in [-0.3, -0.25) is 4.79 Å². The van der Waals surface area contributed by atoms with E-state index in [4.69, 9.17) is 23.4 Å². The van der Waals surface area contributed by atoms with Crippen molar-refractivity contribution in [2.24, 2.45) is 0 Å². The zero-order chi connectivity index (χ0) is 32.9. The number of hydrogen-bond donors (Lipinski definition) is 12. The molecule has 2 aliphatic heterocycles. The van der Waals surface area contributed by atoms with Crippen molar-refractivity contribution in [2.75, 3.05) is 13.2 Å². The molecule has 0 aliphatic carbocycles. The molecule has 0 spiro atoms. The molecule has 2 aliphatic rings. The van der Waals surface area contributed by atoms with Gasteiger partial charge in [-0.1, -0.05) is 0 Å². The lowest BCUT2D eigenvalue weighted by atomic mass is 9.98. The first-order chi connectivity index (χ1) is 21.2. The van der Waals surface area contributed by atoms with Crippen LogP contribution in [0.15, 0.2) is 33.5 Å². The minimum Gasteiger partial charge on any atom is -0.507 e. The lowest BCUT2D eigenvalue weighted by molar-refractivity contribution is -0.323. The summed E-state index contributed by atoms with van der Waals surface area (Å²) in [4.78, 5) is 12.9. The van der Waals surface area contributed by atoms with E-state index in [0.29, 0.717) is 0 Å². The van der Waals surface area contributed by atoms with E-state index in [1.165, 1.54) is 0 Å². The highest BCUT2D eigenvalue weighted by Gasteiger charge is 2.48. The van der Waals surface area contributed by atoms with Crippen LogP contribution in [0.4, 0.5) is 0 Å². The van der Waals surface area contributed by atoms with Gasteiger partial charge in [0.15, 0.2) is 29.3 Å². The standard InChI is InChI=1S/C27H30O18/c28-5-13-17(33)20(36)23(39)26(44-13)41-6-14-18(34)21(37)24(40)27(45-14)42-8-3-9(29)15-12(4-8)43-25(22(38)19(15)35)7-1-10(30)16(32)11(31)2-7/h1-4,13-14,17-18,20-21,23-24,26-34,36-40H,5-6H2/t13?,14-,17-,18-,20?,21?,23-,24-,26?,27?/m1/s1. The molecule has 0 amide bonds. The number of phenolic OH excluding ortho intramolecular Hbond substituents is 4. The Bertz CT molecular complexity index is 1580. The number of aliphatic hydroxyl groups is 7. The van der Waals surface area contributed by atoms with Gasteiger partial charge < -0.3 is 84.6 Å². The van der Waals surface area contributed by atoms with Crippen molar-refractivity contribution in [2.45, 2.75) is 61.4 Å². The topological polar surface area (TPSA) is 310 Å². The van der Waals surface area contributed by atoms with E-state index >= 15 is 0 Å². The molecule has 2 saturated heterocycles. The summed E-state index contributed by atoms with van der Waals surface area (Å²) < 4.78 is 27.3. The number of fused-ring (bicyclic) bond motifs is 1. The van der Waals surface area contributed by atoms with Crippen molar-refractivity contribution < 1.29 is 84.6 Å². The minimum atomic E-state index is -1.90. The van der Waals surface area contributed by atoms with Crippen LogP contribution in [0.3, 0.4) is 0 Å². The van der Waals surface area contributed by atoms with E-state index in [0.717, 1.165) is 24.3 Å². The normalized spacial score (nSPS) is 32.1. The highest BCUT2D eigenvalue weighted by atomic mass is 16.7. The number of benzene rings is 2. The third-order valence-electron chi connectivity index (χ3n) is 7.45. The van der Waals surface area contributed by atoms with Gasteiger partial charge in [-0.2, -0.15) is 0 Å². The molecule has 3 heterocycles. The first-order valence-electron chi connectivity index (χ1n) is 13.3. The number of rotatable bonds is 7. The van der Waals surface area contributed by atoms with Gasteiger partial charge in [-0.25, -0.2) is 0 Å². The molecule has 2 fully saturated rings. The Morgan fingerprint density at radius 3 is 1.87 bits per heavy atom. The van der Waals surface area contributed by atoms with E-state index in [9.17, 15) is 66.1 Å². The van der Waals surface area contributed by atoms with Crippen LogP contribution in [0.1, 0.15) is 0 Å². The number of ether oxygens (including phenoxy) is 4. The number of phenols is 4. The Labute approximate surface area is 250 Å². The molecule has 0 bridgehead atoms. The molecule has 0 radical (unpaired) electrons. The van der Waals surface area contributed by atoms with Gasteiger partial charge in [-0.05, 0) is 12.1 Å². The molecule has 2 aromatic carbocycles. The Morgan fingerprint density at radius 1 is 0.667 bits per heavy atom. The van der Waals surface area contributed by atoms with Gasteiger partial charge in [0.25, 0.3) is 0 Å². The van der Waals surface area contributed by atoms with Crippen molar-refractivity contribution in [1.29, 1.82) is 0 Å². The van der Waals surface area contributed by atoms with Crippen molar-refractivity contribution in [1.82, 2.24) is 0 Å². The third kappa shape index (κ3) is 5.91. The molecular weight excluding hydrogens is 612 g/mol. The number of hydrogen-bond acceptors (Lipinski definition) is 18. The predicted octanol–water partition coefficient (Wildman–Crippen LogP) is -3.01. The van der Waals surface area contributed by atoms with Crippen LogP contribution in [0, 0.1) is 0 Å². The maximum atomic E-state index is 12.9. The van der Waals surface area contributed by atoms with Crippen LogP contribution >= 0.6 is 0 Å². The second kappa shape index (κ2) is 12.4. The minimum absolute atomic E-state index is 0.240. The second-order valence-electron chi connectivity index (χ2n) is 10.5. The molecule has 12 N–H and O–H groups in total. The highest BCUT2D eigenvalue weighted by molar-refractivity contribution is 5.88. The van der Waals surface area contributed by atoms with E-state index in [2.05, 4.69) is 0 Å². The monoisotopic (exact) mass is 642 g/mol. The Hall–Kier alpha value is -3.95. The summed E-state index contributed by atoms with van der Waals surface area (Å²) in [5.41, 5.74) is -1.76. The molecule has 0 saturated carbocycles. The van der Waals surface area contributed by atoms with Crippen molar-refractivity contribution in [3.63, 3.8) is 0 Å². The van der Waals surface area contributed by atoms with Crippen molar-refractivity contribution >= 4 is 11.0 Å². The lowest BCUT2D eigenvalue weighted by Crippen LogP contribution is -2.62. The van der Waals surface area contributed by atoms with Gasteiger partial charge in [0, 0.05) is 17.7 Å². The van der Waals surface area contributed by atoms with Crippen molar-refractivity contribution in [3.05, 3.63) is 34.5 Å². The molecule has 18 nitrogen and oxygen atoms in total. The van der Waals surface area contributed by atoms with Gasteiger partial charge in [0.2, 0.25) is 17.5 Å². The van der Waals surface area contributed by atoms with Gasteiger partial charge in [0.1, 0.15) is 71.3 Å². The van der Waals surface area contributed by atoms with Gasteiger partial charge in [0.05, 0.1) is 13.2 Å². The first kappa shape index (κ1) is 32.4. The van der Waals surface area contributed by atoms with Crippen LogP contribution < -0.4 is 10.2 Å². The van der Waals surface area contributed by atoms with Crippen LogP contribution in [-0.2, 0) is 14.2 Å². The molecule has 10 atom stereocenters. The summed E-state index contributed by atoms with van der Waals surface area (Å²) in [6.45, 7) is -1.37. The maximum Gasteiger partial charge on any atom is 0.238 e. The molecular formula is C27H30O18. The summed E-state index contributed by atoms with van der Waals surface area (Å²) in [7, 11) is 0. The van der Waals surface area contributed by atoms with Gasteiger partial charge in [-0.15, -0.1) is 0 Å². The summed E-state index contributed by atoms with van der Waals surface area (Å²) in [6.07, 6.45) is -16.9. The molecule has 246 valence electrons. The smallest absolute Gasteiger partial charge is 0.238 e. The van der Waals surface area contributed by atoms with E-state index in [-0.39, 0.29) is 11.3 Å². The summed E-state index contributed by atoms with van der Waals surface area (Å²) in [6, 6.07) is 3.69. The quantitative estimate of drug-likeness (QED) is 0.114. The Morgan fingerprint density at radius 2 is 1.24 bits per heavy atom. The molecule has 3 aromatic rings. The Kier molecular flexibility index (Phi) is 8.97. The summed E-state index contributed by atoms with van der Waals surface area (Å²) in [5.74, 6) is -5.15. The molecule has 18 heteroatoms. The second-order valence-corrected chi connectivity index (χ2v) is 10.5. The predicted molar refractivity (Wildman–Crippen MR) is 143 cm³/mol. The summed E-state index contributed by atoms with van der Waals surface area (Å²) in [5, 5.41) is 121. The first-order valence-corrected chi connectivity index (χ1v) is 13.3. The summed E-state index contributed by atoms with van der Waals surface area (Å²) >= 11 is 0. The van der Waals surface area contributed by atoms with E-state index in [1.54, 1.807) is 0 Å². The molecule has 1 aromatic heterocycles. The number of aliphatic hydroxyl groups excluding tert-OH is 7. The zero-order valence-corrected chi connectivity index (χ0v) is 22.8. The average molecular weight is 643 g/mol. The zero-order valence-electron chi connectivity index (χ0n) is 22.8. The maximum absolute atomic E-state index is 12.9. The van der Waals surface area contributed by atoms with Crippen LogP contribution in [0.25, 0.3) is 22.3 Å². The third-order valence-corrected chi connectivity index (χ3v) is 7.45. The highest BCUT2D eigenvalue weighted by Crippen LogP contribution is 2.42. The van der Waals surface area contributed by atoms with Crippen LogP contribution in [0.5, 0.6) is 34.5 Å².